The zero-order valence-corrected chi connectivity index (χ0v) is 20.5. The first-order valence-corrected chi connectivity index (χ1v) is 12.2. The number of nitrogens with one attached hydrogen (secondary N) is 1. The van der Waals surface area contributed by atoms with E-state index in [9.17, 15) is 0 Å². The number of hydrogen-bond acceptors (Lipinski definition) is 4. The number of benzene rings is 4. The van der Waals surface area contributed by atoms with Crippen LogP contribution in [0.1, 0.15) is 17.0 Å². The summed E-state index contributed by atoms with van der Waals surface area (Å²) in [7, 11) is 0. The van der Waals surface area contributed by atoms with Gasteiger partial charge in [0.2, 0.25) is 0 Å². The lowest BCUT2D eigenvalue weighted by Crippen LogP contribution is -2.28. The molecule has 1 aliphatic rings. The van der Waals surface area contributed by atoms with Crippen molar-refractivity contribution in [2.24, 2.45) is 5.10 Å². The molecule has 1 aliphatic heterocycles. The summed E-state index contributed by atoms with van der Waals surface area (Å²) < 4.78 is 5.94. The number of para-hydroxylation sites is 1. The number of ether oxygens (including phenoxy) is 1. The molecule has 1 N–H and O–H groups in total. The maximum absolute atomic E-state index is 6.12. The minimum atomic E-state index is 0.155. The number of thiocarbonyl (C=S) groups is 1. The summed E-state index contributed by atoms with van der Waals surface area (Å²) in [6.45, 7) is 1.26. The molecule has 4 aromatic rings. The molecular formula is C29H24ClN3OS. The van der Waals surface area contributed by atoms with Crippen LogP contribution in [-0.4, -0.2) is 28.8 Å². The van der Waals surface area contributed by atoms with Crippen LogP contribution in [0.15, 0.2) is 114 Å². The third-order valence-corrected chi connectivity index (χ3v) is 6.22. The van der Waals surface area contributed by atoms with Crippen molar-refractivity contribution in [3.8, 4) is 11.5 Å². The molecule has 0 aliphatic carbocycles. The first-order valence-electron chi connectivity index (χ1n) is 11.4. The Morgan fingerprint density at radius 1 is 0.886 bits per heavy atom. The molecule has 0 radical (unpaired) electrons. The van der Waals surface area contributed by atoms with E-state index in [1.807, 2.05) is 89.9 Å². The first-order chi connectivity index (χ1) is 17.1. The molecule has 174 valence electrons. The topological polar surface area (TPSA) is 36.9 Å². The summed E-state index contributed by atoms with van der Waals surface area (Å²) in [5.41, 5.74) is 4.20. The normalized spacial score (nSPS) is 14.9. The molecule has 4 aromatic carbocycles. The Morgan fingerprint density at radius 2 is 1.57 bits per heavy atom. The molecule has 6 heteroatoms. The molecular weight excluding hydrogens is 474 g/mol. The van der Waals surface area contributed by atoms with E-state index in [4.69, 9.17) is 33.7 Å². The van der Waals surface area contributed by atoms with E-state index < -0.39 is 0 Å². The van der Waals surface area contributed by atoms with E-state index in [-0.39, 0.29) is 5.92 Å². The second-order valence-corrected chi connectivity index (χ2v) is 9.22. The van der Waals surface area contributed by atoms with Crippen LogP contribution in [0.3, 0.4) is 0 Å². The molecule has 1 heterocycles. The van der Waals surface area contributed by atoms with Gasteiger partial charge in [-0.15, -0.1) is 0 Å². The van der Waals surface area contributed by atoms with Gasteiger partial charge in [0.05, 0.1) is 12.3 Å². The van der Waals surface area contributed by atoms with Crippen LogP contribution in [0.25, 0.3) is 0 Å². The predicted octanol–water partition coefficient (Wildman–Crippen LogP) is 7.38. The van der Waals surface area contributed by atoms with Crippen LogP contribution in [0.4, 0.5) is 5.69 Å². The van der Waals surface area contributed by atoms with Crippen molar-refractivity contribution in [3.63, 3.8) is 0 Å². The van der Waals surface area contributed by atoms with Gasteiger partial charge >= 0.3 is 0 Å². The molecule has 35 heavy (non-hydrogen) atoms. The van der Waals surface area contributed by atoms with Gasteiger partial charge in [0.25, 0.3) is 0 Å². The lowest BCUT2D eigenvalue weighted by Gasteiger charge is -2.18. The number of nitrogens with zero attached hydrogens (tertiary/aromatic N) is 2. The Balaban J connectivity index is 1.29. The van der Waals surface area contributed by atoms with E-state index in [2.05, 4.69) is 29.6 Å². The number of halogens is 1. The van der Waals surface area contributed by atoms with Gasteiger partial charge in [-0.1, -0.05) is 90.5 Å². The lowest BCUT2D eigenvalue weighted by molar-refractivity contribution is 0.355. The van der Waals surface area contributed by atoms with Crippen LogP contribution in [0.2, 0.25) is 5.02 Å². The van der Waals surface area contributed by atoms with Gasteiger partial charge in [0.15, 0.2) is 0 Å². The standard InChI is InChI=1S/C29H24ClN3OS/c30-23-16-14-22(15-17-23)29-27(21-8-3-1-4-9-21)19-33(32-29)20-28(35)31-24-10-7-13-26(18-24)34-25-11-5-2-6-12-25/h1-18,27H,19-20H2,(H,31,35). The van der Waals surface area contributed by atoms with Crippen molar-refractivity contribution in [2.75, 3.05) is 18.4 Å². The maximum Gasteiger partial charge on any atom is 0.129 e. The summed E-state index contributed by atoms with van der Waals surface area (Å²) >= 11 is 11.8. The largest absolute Gasteiger partial charge is 0.457 e. The SMILES string of the molecule is S=C(CN1CC(c2ccccc2)C(c2ccc(Cl)cc2)=N1)Nc1cccc(Oc2ccccc2)c1. The monoisotopic (exact) mass is 497 g/mol. The lowest BCUT2D eigenvalue weighted by atomic mass is 9.91. The Kier molecular flexibility index (Phi) is 7.07. The summed E-state index contributed by atoms with van der Waals surface area (Å²) in [6.07, 6.45) is 0. The van der Waals surface area contributed by atoms with Crippen molar-refractivity contribution in [3.05, 3.63) is 125 Å². The van der Waals surface area contributed by atoms with Crippen molar-refractivity contribution in [1.29, 1.82) is 0 Å². The van der Waals surface area contributed by atoms with E-state index in [1.54, 1.807) is 0 Å². The fourth-order valence-electron chi connectivity index (χ4n) is 4.12. The Hall–Kier alpha value is -3.67. The Morgan fingerprint density at radius 3 is 2.31 bits per heavy atom. The van der Waals surface area contributed by atoms with Crippen molar-refractivity contribution < 1.29 is 4.74 Å². The van der Waals surface area contributed by atoms with Crippen molar-refractivity contribution in [2.45, 2.75) is 5.92 Å². The number of anilines is 1. The van der Waals surface area contributed by atoms with Crippen LogP contribution in [0.5, 0.6) is 11.5 Å². The average molecular weight is 498 g/mol. The Bertz CT molecular complexity index is 1330. The predicted molar refractivity (Wildman–Crippen MR) is 148 cm³/mol. The maximum atomic E-state index is 6.12. The van der Waals surface area contributed by atoms with E-state index >= 15 is 0 Å². The summed E-state index contributed by atoms with van der Waals surface area (Å²) in [5, 5.41) is 11.0. The molecule has 0 bridgehead atoms. The van der Waals surface area contributed by atoms with Gasteiger partial charge in [0, 0.05) is 29.2 Å². The molecule has 5 rings (SSSR count). The number of hydrogen-bond donors (Lipinski definition) is 1. The fraction of sp³-hybridized carbons (Fsp3) is 0.103. The van der Waals surface area contributed by atoms with E-state index in [1.165, 1.54) is 5.56 Å². The van der Waals surface area contributed by atoms with Gasteiger partial charge in [-0.25, -0.2) is 0 Å². The highest BCUT2D eigenvalue weighted by atomic mass is 35.5. The summed E-state index contributed by atoms with van der Waals surface area (Å²) in [4.78, 5) is 0.690. The Labute approximate surface area is 215 Å². The van der Waals surface area contributed by atoms with Crippen LogP contribution < -0.4 is 10.1 Å². The van der Waals surface area contributed by atoms with Gasteiger partial charge in [0.1, 0.15) is 16.5 Å². The molecule has 4 nitrogen and oxygen atoms in total. The highest BCUT2D eigenvalue weighted by molar-refractivity contribution is 7.80. The average Bonchev–Trinajstić information content (AvgIpc) is 3.29. The number of hydrazone groups is 1. The molecule has 0 fully saturated rings. The first kappa shape index (κ1) is 23.1. The van der Waals surface area contributed by atoms with Gasteiger partial charge < -0.3 is 10.1 Å². The van der Waals surface area contributed by atoms with Crippen molar-refractivity contribution in [1.82, 2.24) is 5.01 Å². The van der Waals surface area contributed by atoms with Crippen LogP contribution in [0, 0.1) is 0 Å². The molecule has 0 saturated carbocycles. The van der Waals surface area contributed by atoms with Crippen molar-refractivity contribution >= 4 is 40.2 Å². The number of rotatable bonds is 7. The second-order valence-electron chi connectivity index (χ2n) is 8.29. The van der Waals surface area contributed by atoms with E-state index in [0.717, 1.165) is 35.0 Å². The molecule has 0 aromatic heterocycles. The zero-order valence-electron chi connectivity index (χ0n) is 19.0. The third kappa shape index (κ3) is 5.88. The molecule has 1 unspecified atom stereocenters. The van der Waals surface area contributed by atoms with Gasteiger partial charge in [-0.2, -0.15) is 5.10 Å². The molecule has 1 atom stereocenters. The van der Waals surface area contributed by atoms with E-state index in [0.29, 0.717) is 16.6 Å². The van der Waals surface area contributed by atoms with Gasteiger partial charge in [-0.05, 0) is 47.5 Å². The third-order valence-electron chi connectivity index (χ3n) is 5.74. The highest BCUT2D eigenvalue weighted by Gasteiger charge is 2.29. The molecule has 0 saturated heterocycles. The summed E-state index contributed by atoms with van der Waals surface area (Å²) in [5.74, 6) is 1.69. The fourth-order valence-corrected chi connectivity index (χ4v) is 4.51. The highest BCUT2D eigenvalue weighted by Crippen LogP contribution is 2.29. The zero-order chi connectivity index (χ0) is 24.0. The van der Waals surface area contributed by atoms with Crippen LogP contribution >= 0.6 is 23.8 Å². The minimum absolute atomic E-state index is 0.155. The van der Waals surface area contributed by atoms with Crippen LogP contribution in [-0.2, 0) is 0 Å². The summed E-state index contributed by atoms with van der Waals surface area (Å²) in [6, 6.07) is 35.8. The second kappa shape index (κ2) is 10.7. The van der Waals surface area contributed by atoms with Gasteiger partial charge in [-0.3, -0.25) is 5.01 Å². The minimum Gasteiger partial charge on any atom is -0.457 e. The molecule has 0 amide bonds. The smallest absolute Gasteiger partial charge is 0.129 e. The quantitative estimate of drug-likeness (QED) is 0.270. The molecule has 0 spiro atoms.